The van der Waals surface area contributed by atoms with Crippen molar-refractivity contribution < 1.29 is 0 Å². The fourth-order valence-electron chi connectivity index (χ4n) is 4.84. The monoisotopic (exact) mass is 475 g/mol. The molecule has 2 aromatic heterocycles. The summed E-state index contributed by atoms with van der Waals surface area (Å²) in [4.78, 5) is 20.8. The summed E-state index contributed by atoms with van der Waals surface area (Å²) in [7, 11) is 0. The van der Waals surface area contributed by atoms with Crippen LogP contribution in [0.2, 0.25) is 0 Å². The lowest BCUT2D eigenvalue weighted by Gasteiger charge is -2.35. The predicted octanol–water partition coefficient (Wildman–Crippen LogP) is 4.19. The van der Waals surface area contributed by atoms with Crippen molar-refractivity contribution in [2.24, 2.45) is 5.73 Å². The van der Waals surface area contributed by atoms with Crippen molar-refractivity contribution in [2.45, 2.75) is 6.54 Å². The van der Waals surface area contributed by atoms with Crippen LogP contribution in [0.4, 0.5) is 11.5 Å². The molecule has 0 saturated carbocycles. The smallest absolute Gasteiger partial charge is 0.147 e. The van der Waals surface area contributed by atoms with Crippen LogP contribution in [0.1, 0.15) is 5.56 Å². The first-order valence-electron chi connectivity index (χ1n) is 12.4. The molecule has 0 atom stereocenters. The molecule has 2 aliphatic heterocycles. The fourth-order valence-corrected chi connectivity index (χ4v) is 4.84. The quantitative estimate of drug-likeness (QED) is 0.464. The third-order valence-corrected chi connectivity index (χ3v) is 6.87. The summed E-state index contributed by atoms with van der Waals surface area (Å²) in [6, 6.07) is 18.9. The number of anilines is 2. The molecule has 2 N–H and O–H groups in total. The summed E-state index contributed by atoms with van der Waals surface area (Å²) in [6.07, 6.45) is 11.7. The summed E-state index contributed by atoms with van der Waals surface area (Å²) in [5, 5.41) is 0. The van der Waals surface area contributed by atoms with Gasteiger partial charge in [-0.2, -0.15) is 0 Å². The maximum absolute atomic E-state index is 6.15. The number of pyridine rings is 1. The number of fused-ring (bicyclic) bond motifs is 1. The third-order valence-electron chi connectivity index (χ3n) is 6.87. The van der Waals surface area contributed by atoms with Crippen LogP contribution in [0.5, 0.6) is 0 Å². The van der Waals surface area contributed by atoms with Gasteiger partial charge in [-0.15, -0.1) is 0 Å². The van der Waals surface area contributed by atoms with Gasteiger partial charge in [-0.3, -0.25) is 14.9 Å². The molecule has 4 aromatic rings. The first kappa shape index (κ1) is 22.2. The number of hydrogen-bond donors (Lipinski definition) is 1. The zero-order valence-electron chi connectivity index (χ0n) is 20.2. The predicted molar refractivity (Wildman–Crippen MR) is 145 cm³/mol. The van der Waals surface area contributed by atoms with E-state index < -0.39 is 0 Å². The molecule has 0 unspecified atom stereocenters. The van der Waals surface area contributed by atoms with Crippen molar-refractivity contribution in [3.05, 3.63) is 103 Å². The Kier molecular flexibility index (Phi) is 6.05. The Bertz CT molecular complexity index is 1410. The highest BCUT2D eigenvalue weighted by molar-refractivity contribution is 5.82. The lowest BCUT2D eigenvalue weighted by molar-refractivity contribution is 0.249. The van der Waals surface area contributed by atoms with Gasteiger partial charge < -0.3 is 15.5 Å². The second-order valence-corrected chi connectivity index (χ2v) is 9.23. The van der Waals surface area contributed by atoms with Crippen molar-refractivity contribution in [3.63, 3.8) is 0 Å². The van der Waals surface area contributed by atoms with E-state index in [0.717, 1.165) is 78.8 Å². The highest BCUT2D eigenvalue weighted by Crippen LogP contribution is 2.28. The van der Waals surface area contributed by atoms with Crippen LogP contribution in [0.15, 0.2) is 97.2 Å². The highest BCUT2D eigenvalue weighted by Gasteiger charge is 2.19. The zero-order valence-corrected chi connectivity index (χ0v) is 20.2. The van der Waals surface area contributed by atoms with Crippen LogP contribution < -0.4 is 15.5 Å². The molecular weight excluding hydrogens is 446 g/mol. The molecule has 7 heteroatoms. The number of nitrogens with two attached hydrogens (primary N) is 1. The number of hydrogen-bond acceptors (Lipinski definition) is 7. The van der Waals surface area contributed by atoms with E-state index in [9.17, 15) is 0 Å². The summed E-state index contributed by atoms with van der Waals surface area (Å²) in [5.41, 5.74) is 12.6. The number of allylic oxidation sites excluding steroid dienone is 2. The van der Waals surface area contributed by atoms with Gasteiger partial charge in [0.1, 0.15) is 11.6 Å². The van der Waals surface area contributed by atoms with Crippen molar-refractivity contribution in [2.75, 3.05) is 42.5 Å². The lowest BCUT2D eigenvalue weighted by atomic mass is 10.0. The van der Waals surface area contributed by atoms with Gasteiger partial charge in [0.15, 0.2) is 0 Å². The molecule has 2 aliphatic rings. The Labute approximate surface area is 211 Å². The van der Waals surface area contributed by atoms with Crippen LogP contribution in [0.3, 0.4) is 0 Å². The van der Waals surface area contributed by atoms with E-state index in [2.05, 4.69) is 74.3 Å². The minimum atomic E-state index is 0.761. The van der Waals surface area contributed by atoms with E-state index >= 15 is 0 Å². The minimum Gasteiger partial charge on any atom is -0.385 e. The van der Waals surface area contributed by atoms with E-state index in [1.807, 2.05) is 36.8 Å². The summed E-state index contributed by atoms with van der Waals surface area (Å²) < 4.78 is 0. The number of nitrogens with zero attached hydrogens (tertiary/aromatic N) is 6. The van der Waals surface area contributed by atoms with Crippen molar-refractivity contribution >= 4 is 22.5 Å². The maximum atomic E-state index is 6.15. The zero-order chi connectivity index (χ0) is 24.3. The van der Waals surface area contributed by atoms with E-state index in [1.54, 1.807) is 0 Å². The van der Waals surface area contributed by atoms with Gasteiger partial charge >= 0.3 is 0 Å². The molecule has 36 heavy (non-hydrogen) atoms. The van der Waals surface area contributed by atoms with Crippen LogP contribution in [0, 0.1) is 0 Å². The number of aromatic nitrogens is 3. The first-order chi connectivity index (χ1) is 17.7. The van der Waals surface area contributed by atoms with Crippen molar-refractivity contribution in [3.8, 4) is 11.1 Å². The van der Waals surface area contributed by atoms with Gasteiger partial charge in [-0.1, -0.05) is 36.4 Å². The molecule has 1 saturated heterocycles. The Morgan fingerprint density at radius 3 is 2.47 bits per heavy atom. The van der Waals surface area contributed by atoms with Gasteiger partial charge in [0.05, 0.1) is 17.2 Å². The summed E-state index contributed by atoms with van der Waals surface area (Å²) in [6.45, 7) is 5.58. The average molecular weight is 476 g/mol. The second-order valence-electron chi connectivity index (χ2n) is 9.23. The van der Waals surface area contributed by atoms with Gasteiger partial charge in [0, 0.05) is 57.3 Å². The Morgan fingerprint density at radius 1 is 0.861 bits per heavy atom. The number of rotatable bonds is 5. The summed E-state index contributed by atoms with van der Waals surface area (Å²) >= 11 is 0. The van der Waals surface area contributed by atoms with E-state index in [-0.39, 0.29) is 0 Å². The number of piperazine rings is 1. The van der Waals surface area contributed by atoms with Crippen LogP contribution in [-0.2, 0) is 6.54 Å². The first-order valence-corrected chi connectivity index (χ1v) is 12.4. The van der Waals surface area contributed by atoms with Gasteiger partial charge in [0.2, 0.25) is 0 Å². The van der Waals surface area contributed by atoms with Gasteiger partial charge in [-0.05, 0) is 53.1 Å². The maximum Gasteiger partial charge on any atom is 0.147 e. The Hall–Kier alpha value is -4.23. The lowest BCUT2D eigenvalue weighted by Crippen LogP contribution is -2.46. The normalized spacial score (nSPS) is 16.4. The van der Waals surface area contributed by atoms with Crippen molar-refractivity contribution in [1.82, 2.24) is 19.9 Å². The van der Waals surface area contributed by atoms with Crippen LogP contribution >= 0.6 is 0 Å². The molecule has 2 aromatic carbocycles. The van der Waals surface area contributed by atoms with E-state index in [4.69, 9.17) is 15.7 Å². The molecule has 0 amide bonds. The number of benzene rings is 2. The van der Waals surface area contributed by atoms with E-state index in [0.29, 0.717) is 0 Å². The van der Waals surface area contributed by atoms with Crippen LogP contribution in [0.25, 0.3) is 22.2 Å². The largest absolute Gasteiger partial charge is 0.385 e. The average Bonchev–Trinajstić information content (AvgIpc) is 2.94. The van der Waals surface area contributed by atoms with Crippen LogP contribution in [-0.4, -0.2) is 52.6 Å². The molecule has 0 aliphatic carbocycles. The molecule has 1 fully saturated rings. The Balaban J connectivity index is 1.16. The molecule has 0 spiro atoms. The molecule has 7 nitrogen and oxygen atoms in total. The molecule has 6 rings (SSSR count). The molecular formula is C29H29N7. The molecule has 180 valence electrons. The fraction of sp³-hybridized carbons (Fsp3) is 0.207. The van der Waals surface area contributed by atoms with E-state index in [1.165, 1.54) is 5.56 Å². The van der Waals surface area contributed by atoms with Gasteiger partial charge in [-0.25, -0.2) is 4.98 Å². The van der Waals surface area contributed by atoms with Crippen molar-refractivity contribution in [1.29, 1.82) is 0 Å². The molecule has 0 radical (unpaired) electrons. The third kappa shape index (κ3) is 4.65. The SMILES string of the molecule is NC1=CC=CCN1c1ccc(-c2ccc3ncc(N4CCN(Cc5cccnc5)CC4)nc3c2)cc1. The standard InChI is InChI=1S/C29H29N7/c30-28-5-1-2-13-36(28)25-9-6-23(7-10-25)24-8-11-26-27(18-24)33-29(20-32-26)35-16-14-34(15-17-35)21-22-4-3-12-31-19-22/h1-12,18-20H,13-17,21,30H2. The minimum absolute atomic E-state index is 0.761. The highest BCUT2D eigenvalue weighted by atomic mass is 15.3. The second kappa shape index (κ2) is 9.79. The van der Waals surface area contributed by atoms with Gasteiger partial charge in [0.25, 0.3) is 0 Å². The molecule has 0 bridgehead atoms. The Morgan fingerprint density at radius 2 is 1.69 bits per heavy atom. The molecule has 4 heterocycles. The topological polar surface area (TPSA) is 74.4 Å². The summed E-state index contributed by atoms with van der Waals surface area (Å²) in [5.74, 6) is 1.70.